The molecule has 0 aliphatic carbocycles. The van der Waals surface area contributed by atoms with Gasteiger partial charge in [-0.25, -0.2) is 0 Å². The quantitative estimate of drug-likeness (QED) is 0.871. The fourth-order valence-corrected chi connectivity index (χ4v) is 3.24. The number of aliphatic hydroxyl groups is 1. The average Bonchev–Trinajstić information content (AvgIpc) is 2.47. The molecule has 118 valence electrons. The minimum atomic E-state index is -0.227. The van der Waals surface area contributed by atoms with Gasteiger partial charge >= 0.3 is 0 Å². The van der Waals surface area contributed by atoms with Gasteiger partial charge < -0.3 is 5.11 Å². The lowest BCUT2D eigenvalue weighted by atomic mass is 10.0. The van der Waals surface area contributed by atoms with E-state index in [1.54, 1.807) is 0 Å². The molecule has 1 aromatic carbocycles. The number of piperazine rings is 1. The van der Waals surface area contributed by atoms with Crippen molar-refractivity contribution in [2.24, 2.45) is 0 Å². The number of aliphatic hydroxyl groups excluding tert-OH is 1. The molecule has 0 unspecified atom stereocenters. The van der Waals surface area contributed by atoms with Crippen molar-refractivity contribution in [3.05, 3.63) is 35.9 Å². The van der Waals surface area contributed by atoms with Gasteiger partial charge in [-0.1, -0.05) is 30.3 Å². The Morgan fingerprint density at radius 3 is 2.52 bits per heavy atom. The maximum Gasteiger partial charge on any atom is 0.0639 e. The van der Waals surface area contributed by atoms with Gasteiger partial charge in [0.25, 0.3) is 0 Å². The number of aryl methyl sites for hydroxylation is 1. The van der Waals surface area contributed by atoms with E-state index in [9.17, 15) is 5.11 Å². The fraction of sp³-hybridized carbons (Fsp3) is 0.667. The third-order valence-corrected chi connectivity index (χ3v) is 4.61. The molecule has 0 spiro atoms. The summed E-state index contributed by atoms with van der Waals surface area (Å²) >= 11 is 0. The summed E-state index contributed by atoms with van der Waals surface area (Å²) in [6, 6.07) is 11.9. The van der Waals surface area contributed by atoms with Crippen LogP contribution in [0.3, 0.4) is 0 Å². The van der Waals surface area contributed by atoms with Crippen LogP contribution >= 0.6 is 0 Å². The Hall–Kier alpha value is -0.900. The maximum atomic E-state index is 9.55. The van der Waals surface area contributed by atoms with Crippen LogP contribution in [-0.2, 0) is 6.42 Å². The molecule has 1 fully saturated rings. The number of benzene rings is 1. The lowest BCUT2D eigenvalue weighted by Crippen LogP contribution is -2.55. The van der Waals surface area contributed by atoms with Crippen molar-refractivity contribution in [3.8, 4) is 0 Å². The molecule has 1 saturated heterocycles. The first-order valence-corrected chi connectivity index (χ1v) is 8.26. The largest absolute Gasteiger partial charge is 0.392 e. The molecule has 1 aromatic rings. The molecule has 3 heteroatoms. The highest BCUT2D eigenvalue weighted by molar-refractivity contribution is 5.14. The smallest absolute Gasteiger partial charge is 0.0639 e. The van der Waals surface area contributed by atoms with Crippen molar-refractivity contribution < 1.29 is 5.11 Å². The van der Waals surface area contributed by atoms with Gasteiger partial charge in [-0.05, 0) is 39.2 Å². The molecule has 0 saturated carbocycles. The summed E-state index contributed by atoms with van der Waals surface area (Å²) in [5, 5.41) is 9.55. The molecule has 0 bridgehead atoms. The third kappa shape index (κ3) is 5.10. The highest BCUT2D eigenvalue weighted by atomic mass is 16.3. The summed E-state index contributed by atoms with van der Waals surface area (Å²) in [5.74, 6) is 0. The SMILES string of the molecule is C[C@H](O)CN1CCN([C@H](C)CCc2ccccc2)C[C@@H]1C. The van der Waals surface area contributed by atoms with Crippen LogP contribution in [-0.4, -0.2) is 59.3 Å². The predicted molar refractivity (Wildman–Crippen MR) is 88.5 cm³/mol. The summed E-state index contributed by atoms with van der Waals surface area (Å²) in [7, 11) is 0. The van der Waals surface area contributed by atoms with Crippen LogP contribution in [0.1, 0.15) is 32.8 Å². The molecule has 3 nitrogen and oxygen atoms in total. The number of hydrogen-bond acceptors (Lipinski definition) is 3. The summed E-state index contributed by atoms with van der Waals surface area (Å²) in [5.41, 5.74) is 1.44. The monoisotopic (exact) mass is 290 g/mol. The topological polar surface area (TPSA) is 26.7 Å². The minimum absolute atomic E-state index is 0.227. The molecule has 1 N–H and O–H groups in total. The molecule has 1 heterocycles. The fourth-order valence-electron chi connectivity index (χ4n) is 3.24. The molecule has 1 aliphatic heterocycles. The first kappa shape index (κ1) is 16.5. The summed E-state index contributed by atoms with van der Waals surface area (Å²) in [6.07, 6.45) is 2.15. The molecule has 0 aromatic heterocycles. The van der Waals surface area contributed by atoms with E-state index >= 15 is 0 Å². The molecule has 0 amide bonds. The van der Waals surface area contributed by atoms with Crippen molar-refractivity contribution >= 4 is 0 Å². The van der Waals surface area contributed by atoms with Crippen molar-refractivity contribution in [1.29, 1.82) is 0 Å². The van der Waals surface area contributed by atoms with E-state index in [-0.39, 0.29) is 6.10 Å². The normalized spacial score (nSPS) is 23.9. The van der Waals surface area contributed by atoms with E-state index in [1.807, 2.05) is 6.92 Å². The van der Waals surface area contributed by atoms with Crippen molar-refractivity contribution in [2.45, 2.75) is 51.8 Å². The number of β-amino-alcohol motifs (C(OH)–C–C–N with tert-alkyl or cyclic N) is 1. The molecule has 3 atom stereocenters. The summed E-state index contributed by atoms with van der Waals surface area (Å²) in [4.78, 5) is 5.01. The summed E-state index contributed by atoms with van der Waals surface area (Å²) < 4.78 is 0. The van der Waals surface area contributed by atoms with Gasteiger partial charge in [0.2, 0.25) is 0 Å². The molecular formula is C18H30N2O. The van der Waals surface area contributed by atoms with Gasteiger partial charge in [0, 0.05) is 38.3 Å². The zero-order chi connectivity index (χ0) is 15.2. The third-order valence-electron chi connectivity index (χ3n) is 4.61. The number of nitrogens with zero attached hydrogens (tertiary/aromatic N) is 2. The van der Waals surface area contributed by atoms with Gasteiger partial charge in [-0.15, -0.1) is 0 Å². The van der Waals surface area contributed by atoms with E-state index in [1.165, 1.54) is 12.0 Å². The second kappa shape index (κ2) is 7.92. The van der Waals surface area contributed by atoms with Crippen LogP contribution in [0.2, 0.25) is 0 Å². The maximum absolute atomic E-state index is 9.55. The van der Waals surface area contributed by atoms with E-state index in [4.69, 9.17) is 0 Å². The van der Waals surface area contributed by atoms with E-state index in [0.29, 0.717) is 12.1 Å². The van der Waals surface area contributed by atoms with Gasteiger partial charge in [0.05, 0.1) is 6.10 Å². The zero-order valence-corrected chi connectivity index (χ0v) is 13.7. The van der Waals surface area contributed by atoms with Crippen molar-refractivity contribution in [2.75, 3.05) is 26.2 Å². The Balaban J connectivity index is 1.78. The van der Waals surface area contributed by atoms with Gasteiger partial charge in [0.1, 0.15) is 0 Å². The summed E-state index contributed by atoms with van der Waals surface area (Å²) in [6.45, 7) is 10.6. The van der Waals surface area contributed by atoms with Gasteiger partial charge in [-0.2, -0.15) is 0 Å². The van der Waals surface area contributed by atoms with Crippen LogP contribution in [0.5, 0.6) is 0 Å². The van der Waals surface area contributed by atoms with Crippen molar-refractivity contribution in [1.82, 2.24) is 9.80 Å². The van der Waals surface area contributed by atoms with E-state index in [0.717, 1.165) is 32.6 Å². The Kier molecular flexibility index (Phi) is 6.22. The highest BCUT2D eigenvalue weighted by Gasteiger charge is 2.26. The Labute approximate surface area is 129 Å². The van der Waals surface area contributed by atoms with E-state index < -0.39 is 0 Å². The molecule has 2 rings (SSSR count). The van der Waals surface area contributed by atoms with Crippen LogP contribution < -0.4 is 0 Å². The number of hydrogen-bond donors (Lipinski definition) is 1. The Bertz CT molecular complexity index is 407. The first-order chi connectivity index (χ1) is 10.1. The zero-order valence-electron chi connectivity index (χ0n) is 13.7. The van der Waals surface area contributed by atoms with Crippen LogP contribution in [0, 0.1) is 0 Å². The second-order valence-electron chi connectivity index (χ2n) is 6.56. The number of rotatable bonds is 6. The molecule has 21 heavy (non-hydrogen) atoms. The van der Waals surface area contributed by atoms with Crippen LogP contribution in [0.25, 0.3) is 0 Å². The molecule has 1 aliphatic rings. The Morgan fingerprint density at radius 1 is 1.19 bits per heavy atom. The van der Waals surface area contributed by atoms with Crippen LogP contribution in [0.15, 0.2) is 30.3 Å². The molecular weight excluding hydrogens is 260 g/mol. The van der Waals surface area contributed by atoms with Gasteiger partial charge in [0.15, 0.2) is 0 Å². The Morgan fingerprint density at radius 2 is 1.90 bits per heavy atom. The van der Waals surface area contributed by atoms with Crippen molar-refractivity contribution in [3.63, 3.8) is 0 Å². The first-order valence-electron chi connectivity index (χ1n) is 8.26. The average molecular weight is 290 g/mol. The minimum Gasteiger partial charge on any atom is -0.392 e. The second-order valence-corrected chi connectivity index (χ2v) is 6.56. The lowest BCUT2D eigenvalue weighted by Gasteiger charge is -2.43. The van der Waals surface area contributed by atoms with Gasteiger partial charge in [-0.3, -0.25) is 9.80 Å². The van der Waals surface area contributed by atoms with Crippen LogP contribution in [0.4, 0.5) is 0 Å². The standard InChI is InChI=1S/C18H30N2O/c1-15(9-10-18-7-5-4-6-8-18)19-11-12-20(14-17(3)21)16(2)13-19/h4-8,15-17,21H,9-14H2,1-3H3/t15-,16+,17+/m1/s1. The predicted octanol–water partition coefficient (Wildman–Crippen LogP) is 2.39. The van der Waals surface area contributed by atoms with E-state index in [2.05, 4.69) is 54.0 Å². The lowest BCUT2D eigenvalue weighted by molar-refractivity contribution is 0.0293. The highest BCUT2D eigenvalue weighted by Crippen LogP contribution is 2.16. The molecule has 0 radical (unpaired) electrons.